The van der Waals surface area contributed by atoms with Crippen LogP contribution in [0.4, 0.5) is 20.4 Å². The van der Waals surface area contributed by atoms with Crippen molar-refractivity contribution in [1.29, 1.82) is 0 Å². The maximum Gasteiger partial charge on any atom is 0.235 e. The van der Waals surface area contributed by atoms with Crippen LogP contribution in [0.25, 0.3) is 22.6 Å². The highest BCUT2D eigenvalue weighted by Crippen LogP contribution is 2.42. The highest BCUT2D eigenvalue weighted by atomic mass is 19.1. The predicted octanol–water partition coefficient (Wildman–Crippen LogP) is 5.06. The number of anilines is 2. The summed E-state index contributed by atoms with van der Waals surface area (Å²) in [5.74, 6) is 0.113. The Morgan fingerprint density at radius 1 is 0.947 bits per heavy atom. The molecular weight excluding hydrogens is 488 g/mol. The number of hydrogen-bond donors (Lipinski definition) is 2. The Kier molecular flexibility index (Phi) is 5.59. The second kappa shape index (κ2) is 8.98. The van der Waals surface area contributed by atoms with E-state index >= 15 is 0 Å². The molecule has 0 saturated heterocycles. The molecule has 0 saturated carbocycles. The van der Waals surface area contributed by atoms with E-state index in [0.29, 0.717) is 45.1 Å². The SMILES string of the molecule is CC1(C)C(=O)Nc2nc(-c3nn(Cc4ccccc4F)c4ncccc34)nc(NCc3ccccc3F)c21. The van der Waals surface area contributed by atoms with E-state index in [1.807, 2.05) is 6.07 Å². The van der Waals surface area contributed by atoms with Crippen molar-refractivity contribution in [2.24, 2.45) is 0 Å². The first kappa shape index (κ1) is 23.7. The summed E-state index contributed by atoms with van der Waals surface area (Å²) in [6, 6.07) is 16.6. The summed E-state index contributed by atoms with van der Waals surface area (Å²) in [6.45, 7) is 3.89. The fourth-order valence-electron chi connectivity index (χ4n) is 4.65. The van der Waals surface area contributed by atoms with Crippen LogP contribution in [0.2, 0.25) is 0 Å². The third kappa shape index (κ3) is 3.94. The second-order valence-corrected chi connectivity index (χ2v) is 9.62. The van der Waals surface area contributed by atoms with Crippen LogP contribution in [0, 0.1) is 11.6 Å². The van der Waals surface area contributed by atoms with E-state index in [0.717, 1.165) is 0 Å². The van der Waals surface area contributed by atoms with Gasteiger partial charge in [-0.25, -0.2) is 28.4 Å². The summed E-state index contributed by atoms with van der Waals surface area (Å²) in [5.41, 5.74) is 1.58. The largest absolute Gasteiger partial charge is 0.365 e. The zero-order valence-corrected chi connectivity index (χ0v) is 20.7. The van der Waals surface area contributed by atoms with Gasteiger partial charge in [0.2, 0.25) is 5.91 Å². The molecule has 0 atom stereocenters. The minimum absolute atomic E-state index is 0.157. The molecule has 1 aliphatic heterocycles. The van der Waals surface area contributed by atoms with Gasteiger partial charge >= 0.3 is 0 Å². The Hall–Kier alpha value is -4.73. The standard InChI is InChI=1S/C28H23F2N7O/c1-28(2)21-23(32-14-16-8-3-5-11-19(16)29)33-25(34-24(21)35-27(28)38)22-18-10-7-13-31-26(18)37(36-22)15-17-9-4-6-12-20(17)30/h3-13H,14-15H2,1-2H3,(H2,32,33,34,35,38). The van der Waals surface area contributed by atoms with Crippen molar-refractivity contribution in [3.63, 3.8) is 0 Å². The Morgan fingerprint density at radius 3 is 2.39 bits per heavy atom. The number of fused-ring (bicyclic) bond motifs is 2. The lowest BCUT2D eigenvalue weighted by molar-refractivity contribution is -0.119. The van der Waals surface area contributed by atoms with Gasteiger partial charge in [0.05, 0.1) is 22.9 Å². The van der Waals surface area contributed by atoms with Crippen LogP contribution in [0.3, 0.4) is 0 Å². The number of halogens is 2. The van der Waals surface area contributed by atoms with Crippen LogP contribution in [-0.4, -0.2) is 30.6 Å². The summed E-state index contributed by atoms with van der Waals surface area (Å²) < 4.78 is 30.3. The Morgan fingerprint density at radius 2 is 1.66 bits per heavy atom. The minimum atomic E-state index is -0.904. The first-order valence-electron chi connectivity index (χ1n) is 12.1. The molecule has 2 N–H and O–H groups in total. The molecule has 1 amide bonds. The number of carbonyl (C=O) groups excluding carboxylic acids is 1. The Bertz CT molecular complexity index is 1710. The lowest BCUT2D eigenvalue weighted by Crippen LogP contribution is -2.27. The first-order valence-corrected chi connectivity index (χ1v) is 12.1. The normalized spacial score (nSPS) is 13.9. The van der Waals surface area contributed by atoms with Crippen LogP contribution in [0.1, 0.15) is 30.5 Å². The molecule has 5 aromatic rings. The molecule has 0 fully saturated rings. The average Bonchev–Trinajstić information content (AvgIpc) is 3.38. The summed E-state index contributed by atoms with van der Waals surface area (Å²) in [6.07, 6.45) is 1.64. The van der Waals surface area contributed by atoms with E-state index in [9.17, 15) is 13.6 Å². The van der Waals surface area contributed by atoms with Crippen molar-refractivity contribution in [2.75, 3.05) is 10.6 Å². The number of benzene rings is 2. The van der Waals surface area contributed by atoms with E-state index in [4.69, 9.17) is 10.1 Å². The van der Waals surface area contributed by atoms with Gasteiger partial charge in [-0.1, -0.05) is 36.4 Å². The van der Waals surface area contributed by atoms with Crippen LogP contribution < -0.4 is 10.6 Å². The summed E-state index contributed by atoms with van der Waals surface area (Å²) >= 11 is 0. The second-order valence-electron chi connectivity index (χ2n) is 9.62. The van der Waals surface area contributed by atoms with E-state index < -0.39 is 5.41 Å². The van der Waals surface area contributed by atoms with Gasteiger partial charge in [-0.15, -0.1) is 0 Å². The molecule has 6 rings (SSSR count). The van der Waals surface area contributed by atoms with E-state index in [1.54, 1.807) is 67.2 Å². The van der Waals surface area contributed by atoms with Crippen LogP contribution in [-0.2, 0) is 23.3 Å². The van der Waals surface area contributed by atoms with Crippen molar-refractivity contribution >= 4 is 28.6 Å². The van der Waals surface area contributed by atoms with Crippen molar-refractivity contribution in [2.45, 2.75) is 32.4 Å². The number of nitrogens with zero attached hydrogens (tertiary/aromatic N) is 5. The maximum atomic E-state index is 14.4. The first-order chi connectivity index (χ1) is 18.3. The number of carbonyl (C=O) groups is 1. The quantitative estimate of drug-likeness (QED) is 0.331. The van der Waals surface area contributed by atoms with Gasteiger partial charge in [0.15, 0.2) is 11.5 Å². The van der Waals surface area contributed by atoms with Gasteiger partial charge < -0.3 is 10.6 Å². The van der Waals surface area contributed by atoms with E-state index in [-0.39, 0.29) is 36.5 Å². The Balaban J connectivity index is 1.47. The summed E-state index contributed by atoms with van der Waals surface area (Å²) in [7, 11) is 0. The molecule has 8 nitrogen and oxygen atoms in total. The number of hydrogen-bond acceptors (Lipinski definition) is 6. The molecule has 190 valence electrons. The summed E-state index contributed by atoms with van der Waals surface area (Å²) in [4.78, 5) is 26.7. The molecule has 0 bridgehead atoms. The molecule has 0 unspecified atom stereocenters. The fraction of sp³-hybridized carbons (Fsp3) is 0.179. The molecular formula is C28H23F2N7O. The van der Waals surface area contributed by atoms with Gasteiger partial charge in [-0.05, 0) is 38.1 Å². The van der Waals surface area contributed by atoms with Crippen LogP contribution >= 0.6 is 0 Å². The number of amides is 1. The van der Waals surface area contributed by atoms with Crippen molar-refractivity contribution in [3.8, 4) is 11.5 Å². The molecule has 0 spiro atoms. The molecule has 1 aliphatic rings. The lowest BCUT2D eigenvalue weighted by Gasteiger charge is -2.19. The molecule has 4 heterocycles. The highest BCUT2D eigenvalue weighted by Gasteiger charge is 2.43. The van der Waals surface area contributed by atoms with Crippen molar-refractivity contribution in [3.05, 3.63) is 95.2 Å². The topological polar surface area (TPSA) is 97.6 Å². The fourth-order valence-corrected chi connectivity index (χ4v) is 4.65. The number of nitrogens with one attached hydrogen (secondary N) is 2. The van der Waals surface area contributed by atoms with Crippen LogP contribution in [0.15, 0.2) is 66.9 Å². The molecule has 0 aliphatic carbocycles. The van der Waals surface area contributed by atoms with Crippen molar-refractivity contribution < 1.29 is 13.6 Å². The highest BCUT2D eigenvalue weighted by molar-refractivity contribution is 6.06. The van der Waals surface area contributed by atoms with Gasteiger partial charge in [0.1, 0.15) is 29.0 Å². The molecule has 2 aromatic carbocycles. The zero-order chi connectivity index (χ0) is 26.4. The smallest absolute Gasteiger partial charge is 0.235 e. The minimum Gasteiger partial charge on any atom is -0.365 e. The molecule has 38 heavy (non-hydrogen) atoms. The molecule has 10 heteroatoms. The average molecular weight is 512 g/mol. The lowest BCUT2D eigenvalue weighted by atomic mass is 9.87. The van der Waals surface area contributed by atoms with E-state index in [2.05, 4.69) is 20.6 Å². The van der Waals surface area contributed by atoms with Gasteiger partial charge in [0, 0.05) is 23.9 Å². The van der Waals surface area contributed by atoms with Gasteiger partial charge in [0.25, 0.3) is 0 Å². The van der Waals surface area contributed by atoms with Crippen LogP contribution in [0.5, 0.6) is 0 Å². The zero-order valence-electron chi connectivity index (χ0n) is 20.7. The predicted molar refractivity (Wildman–Crippen MR) is 139 cm³/mol. The monoisotopic (exact) mass is 511 g/mol. The third-order valence-corrected chi connectivity index (χ3v) is 6.73. The van der Waals surface area contributed by atoms with Gasteiger partial charge in [-0.2, -0.15) is 5.10 Å². The van der Waals surface area contributed by atoms with E-state index in [1.165, 1.54) is 12.1 Å². The maximum absolute atomic E-state index is 14.4. The third-order valence-electron chi connectivity index (χ3n) is 6.73. The number of aromatic nitrogens is 5. The van der Waals surface area contributed by atoms with Gasteiger partial charge in [-0.3, -0.25) is 4.79 Å². The number of pyridine rings is 1. The number of rotatable bonds is 6. The molecule has 0 radical (unpaired) electrons. The summed E-state index contributed by atoms with van der Waals surface area (Å²) in [5, 5.41) is 11.4. The Labute approximate surface area is 216 Å². The molecule has 3 aromatic heterocycles. The van der Waals surface area contributed by atoms with Crippen molar-refractivity contribution in [1.82, 2.24) is 24.7 Å².